The van der Waals surface area contributed by atoms with Gasteiger partial charge in [0, 0.05) is 12.1 Å². The molecule has 5 rings (SSSR count). The first kappa shape index (κ1) is 18.9. The Bertz CT molecular complexity index is 1100. The van der Waals surface area contributed by atoms with E-state index >= 15 is 0 Å². The van der Waals surface area contributed by atoms with Crippen molar-refractivity contribution in [1.29, 1.82) is 0 Å². The third-order valence-electron chi connectivity index (χ3n) is 6.15. The third kappa shape index (κ3) is 3.10. The maximum Gasteiger partial charge on any atom is 0.257 e. The Morgan fingerprint density at radius 3 is 2.70 bits per heavy atom. The molecule has 0 N–H and O–H groups in total. The van der Waals surface area contributed by atoms with Gasteiger partial charge in [0.25, 0.3) is 5.91 Å². The first-order chi connectivity index (χ1) is 14.5. The van der Waals surface area contributed by atoms with Crippen LogP contribution in [0.15, 0.2) is 40.9 Å². The van der Waals surface area contributed by atoms with Gasteiger partial charge >= 0.3 is 0 Å². The number of aromatic nitrogens is 2. The summed E-state index contributed by atoms with van der Waals surface area (Å²) in [5, 5.41) is 0. The van der Waals surface area contributed by atoms with Crippen molar-refractivity contribution >= 4 is 5.91 Å². The van der Waals surface area contributed by atoms with Crippen molar-refractivity contribution in [2.24, 2.45) is 0 Å². The van der Waals surface area contributed by atoms with Gasteiger partial charge in [0.05, 0.1) is 37.7 Å². The number of carbonyl (C=O) groups is 1. The maximum absolute atomic E-state index is 13.0. The number of hydrogen-bond acceptors (Lipinski definition) is 5. The highest BCUT2D eigenvalue weighted by atomic mass is 16.5. The number of furan rings is 1. The molecule has 1 atom stereocenters. The number of amides is 1. The van der Waals surface area contributed by atoms with E-state index in [4.69, 9.17) is 13.9 Å². The van der Waals surface area contributed by atoms with E-state index in [-0.39, 0.29) is 5.91 Å². The van der Waals surface area contributed by atoms with Gasteiger partial charge in [-0.1, -0.05) is 0 Å². The number of hydrogen-bond donors (Lipinski definition) is 0. The lowest BCUT2D eigenvalue weighted by Gasteiger charge is -2.35. The molecule has 4 heterocycles. The van der Waals surface area contributed by atoms with Crippen LogP contribution in [0, 0.1) is 13.8 Å². The summed E-state index contributed by atoms with van der Waals surface area (Å²) in [6.45, 7) is 6.06. The highest BCUT2D eigenvalue weighted by Crippen LogP contribution is 2.36. The van der Waals surface area contributed by atoms with Gasteiger partial charge in [-0.2, -0.15) is 0 Å². The molecule has 1 saturated heterocycles. The van der Waals surface area contributed by atoms with Gasteiger partial charge in [0.1, 0.15) is 35.3 Å². The molecular weight excluding hydrogens is 382 g/mol. The lowest BCUT2D eigenvalue weighted by Crippen LogP contribution is -2.45. The fourth-order valence-corrected chi connectivity index (χ4v) is 4.53. The Morgan fingerprint density at radius 1 is 1.20 bits per heavy atom. The summed E-state index contributed by atoms with van der Waals surface area (Å²) in [5.74, 6) is 3.17. The molecule has 2 aliphatic rings. The van der Waals surface area contributed by atoms with Gasteiger partial charge in [-0.05, 0) is 50.6 Å². The van der Waals surface area contributed by atoms with Crippen molar-refractivity contribution in [2.75, 3.05) is 20.2 Å². The summed E-state index contributed by atoms with van der Waals surface area (Å²) in [5.41, 5.74) is 2.39. The smallest absolute Gasteiger partial charge is 0.257 e. The molecule has 7 nitrogen and oxygen atoms in total. The molecule has 1 unspecified atom stereocenters. The first-order valence-electron chi connectivity index (χ1n) is 10.2. The molecule has 7 heteroatoms. The molecule has 1 fully saturated rings. The normalized spacial score (nSPS) is 20.6. The van der Waals surface area contributed by atoms with E-state index in [0.29, 0.717) is 37.6 Å². The van der Waals surface area contributed by atoms with Gasteiger partial charge in [0.2, 0.25) is 0 Å². The molecule has 1 aromatic carbocycles. The van der Waals surface area contributed by atoms with Gasteiger partial charge in [-0.25, -0.2) is 4.98 Å². The van der Waals surface area contributed by atoms with E-state index in [0.717, 1.165) is 35.0 Å². The minimum absolute atomic E-state index is 0.0108. The number of benzene rings is 1. The fourth-order valence-electron chi connectivity index (χ4n) is 4.53. The van der Waals surface area contributed by atoms with Crippen LogP contribution in [-0.2, 0) is 17.9 Å². The molecule has 1 amide bonds. The lowest BCUT2D eigenvalue weighted by molar-refractivity contribution is -0.0804. The van der Waals surface area contributed by atoms with E-state index in [9.17, 15) is 4.79 Å². The zero-order chi connectivity index (χ0) is 20.9. The number of likely N-dealkylation sites (tertiary alicyclic amines) is 1. The summed E-state index contributed by atoms with van der Waals surface area (Å²) in [7, 11) is 1.66. The van der Waals surface area contributed by atoms with Gasteiger partial charge in [0.15, 0.2) is 0 Å². The van der Waals surface area contributed by atoms with Crippen molar-refractivity contribution in [3.63, 3.8) is 0 Å². The van der Waals surface area contributed by atoms with Crippen LogP contribution in [0.5, 0.6) is 5.75 Å². The molecule has 0 radical (unpaired) electrons. The largest absolute Gasteiger partial charge is 0.497 e. The number of ether oxygens (including phenoxy) is 2. The number of rotatable bonds is 3. The zero-order valence-electron chi connectivity index (χ0n) is 17.5. The highest BCUT2D eigenvalue weighted by molar-refractivity contribution is 5.95. The highest BCUT2D eigenvalue weighted by Gasteiger charge is 2.45. The second kappa shape index (κ2) is 7.02. The molecule has 0 aliphatic carbocycles. The van der Waals surface area contributed by atoms with Crippen LogP contribution in [-0.4, -0.2) is 46.2 Å². The average Bonchev–Trinajstić information content (AvgIpc) is 3.45. The molecule has 1 spiro atoms. The van der Waals surface area contributed by atoms with Crippen molar-refractivity contribution in [2.45, 2.75) is 39.0 Å². The second-order valence-corrected chi connectivity index (χ2v) is 8.15. The van der Waals surface area contributed by atoms with Crippen molar-refractivity contribution in [3.05, 3.63) is 59.4 Å². The van der Waals surface area contributed by atoms with E-state index < -0.39 is 5.60 Å². The van der Waals surface area contributed by atoms with Crippen molar-refractivity contribution < 1.29 is 18.7 Å². The minimum Gasteiger partial charge on any atom is -0.497 e. The Kier molecular flexibility index (Phi) is 4.43. The third-order valence-corrected chi connectivity index (χ3v) is 6.15. The minimum atomic E-state index is -0.392. The number of aryl methyl sites for hydroxylation is 2. The van der Waals surface area contributed by atoms with Crippen LogP contribution in [0.25, 0.3) is 11.3 Å². The monoisotopic (exact) mass is 407 g/mol. The van der Waals surface area contributed by atoms with Crippen LogP contribution in [0.4, 0.5) is 0 Å². The topological polar surface area (TPSA) is 69.7 Å². The zero-order valence-corrected chi connectivity index (χ0v) is 17.5. The Labute approximate surface area is 175 Å². The van der Waals surface area contributed by atoms with E-state index in [1.807, 2.05) is 55.3 Å². The maximum atomic E-state index is 13.0. The standard InChI is InChI=1S/C23H25N3O4/c1-15-10-19(16(2)30-15)22(27)25-9-8-23(13-25)14-26-20(11-24-21(26)12-29-23)17-4-6-18(28-3)7-5-17/h4-7,10-11H,8-9,12-14H2,1-3H3. The average molecular weight is 407 g/mol. The fraction of sp³-hybridized carbons (Fsp3) is 0.391. The molecule has 0 saturated carbocycles. The van der Waals surface area contributed by atoms with Crippen LogP contribution in [0.2, 0.25) is 0 Å². The Morgan fingerprint density at radius 2 is 2.00 bits per heavy atom. The Balaban J connectivity index is 1.38. The summed E-state index contributed by atoms with van der Waals surface area (Å²) >= 11 is 0. The van der Waals surface area contributed by atoms with Crippen LogP contribution in [0.3, 0.4) is 0 Å². The number of imidazole rings is 1. The molecule has 2 aliphatic heterocycles. The summed E-state index contributed by atoms with van der Waals surface area (Å²) in [4.78, 5) is 19.5. The van der Waals surface area contributed by atoms with Crippen LogP contribution in [0.1, 0.15) is 34.1 Å². The SMILES string of the molecule is COc1ccc(-c2cnc3n2CC2(CCN(C(=O)c4cc(C)oc4C)C2)OC3)cc1. The van der Waals surface area contributed by atoms with Crippen LogP contribution >= 0.6 is 0 Å². The summed E-state index contributed by atoms with van der Waals surface area (Å²) < 4.78 is 19.3. The lowest BCUT2D eigenvalue weighted by atomic mass is 10.0. The quantitative estimate of drug-likeness (QED) is 0.664. The first-order valence-corrected chi connectivity index (χ1v) is 10.2. The van der Waals surface area contributed by atoms with Crippen LogP contribution < -0.4 is 4.74 Å². The van der Waals surface area contributed by atoms with Gasteiger partial charge in [-0.15, -0.1) is 0 Å². The number of nitrogens with zero attached hydrogens (tertiary/aromatic N) is 3. The summed E-state index contributed by atoms with van der Waals surface area (Å²) in [6.07, 6.45) is 2.70. The van der Waals surface area contributed by atoms with E-state index in [1.165, 1.54) is 0 Å². The summed E-state index contributed by atoms with van der Waals surface area (Å²) in [6, 6.07) is 9.81. The van der Waals surface area contributed by atoms with Crippen molar-refractivity contribution in [1.82, 2.24) is 14.5 Å². The van der Waals surface area contributed by atoms with E-state index in [2.05, 4.69) is 9.55 Å². The van der Waals surface area contributed by atoms with Crippen molar-refractivity contribution in [3.8, 4) is 17.0 Å². The molecule has 156 valence electrons. The number of fused-ring (bicyclic) bond motifs is 1. The van der Waals surface area contributed by atoms with Gasteiger partial charge < -0.3 is 23.4 Å². The predicted octanol–water partition coefficient (Wildman–Crippen LogP) is 3.58. The molecule has 2 aromatic heterocycles. The predicted molar refractivity (Wildman–Crippen MR) is 110 cm³/mol. The molecule has 0 bridgehead atoms. The number of carbonyl (C=O) groups excluding carboxylic acids is 1. The second-order valence-electron chi connectivity index (χ2n) is 8.15. The van der Waals surface area contributed by atoms with E-state index in [1.54, 1.807) is 7.11 Å². The molecule has 30 heavy (non-hydrogen) atoms. The van der Waals surface area contributed by atoms with Gasteiger partial charge in [-0.3, -0.25) is 4.79 Å². The molecular formula is C23H25N3O4. The Hall–Kier alpha value is -3.06. The number of methoxy groups -OCH3 is 1. The molecule has 3 aromatic rings.